The minimum atomic E-state index is -0.767. The molecule has 2 aromatic carbocycles. The molecule has 0 aliphatic carbocycles. The highest BCUT2D eigenvalue weighted by Crippen LogP contribution is 2.10. The summed E-state index contributed by atoms with van der Waals surface area (Å²) in [6, 6.07) is 13.0. The zero-order chi connectivity index (χ0) is 15.9. The van der Waals surface area contributed by atoms with Gasteiger partial charge in [-0.05, 0) is 48.9 Å². The molecule has 1 N–H and O–H groups in total. The summed E-state index contributed by atoms with van der Waals surface area (Å²) < 4.78 is 13.7. The van der Waals surface area contributed by atoms with Gasteiger partial charge in [-0.2, -0.15) is 0 Å². The summed E-state index contributed by atoms with van der Waals surface area (Å²) in [6.07, 6.45) is 0.755. The number of oxime groups is 1. The number of anilines is 1. The van der Waals surface area contributed by atoms with Gasteiger partial charge in [-0.25, -0.2) is 4.39 Å². The number of benzene rings is 2. The number of carbonyl (C=O) groups excluding carboxylic acids is 1. The van der Waals surface area contributed by atoms with E-state index < -0.39 is 6.10 Å². The van der Waals surface area contributed by atoms with Gasteiger partial charge in [0.15, 0.2) is 0 Å². The van der Waals surface area contributed by atoms with Crippen LogP contribution < -0.4 is 5.32 Å². The first-order chi connectivity index (χ1) is 10.5. The second-order valence-corrected chi connectivity index (χ2v) is 5.45. The summed E-state index contributed by atoms with van der Waals surface area (Å²) in [5.74, 6) is -0.721. The van der Waals surface area contributed by atoms with Crippen LogP contribution in [0.25, 0.3) is 0 Å². The number of halogens is 2. The van der Waals surface area contributed by atoms with Crippen LogP contribution in [-0.4, -0.2) is 18.2 Å². The number of rotatable bonds is 5. The van der Waals surface area contributed by atoms with E-state index >= 15 is 0 Å². The van der Waals surface area contributed by atoms with Gasteiger partial charge in [0, 0.05) is 10.2 Å². The molecule has 4 nitrogen and oxygen atoms in total. The van der Waals surface area contributed by atoms with E-state index in [1.807, 2.05) is 24.3 Å². The Hall–Kier alpha value is -2.21. The number of nitrogens with zero attached hydrogens (tertiary/aromatic N) is 1. The number of carbonyl (C=O) groups is 1. The van der Waals surface area contributed by atoms with Crippen molar-refractivity contribution in [2.75, 3.05) is 5.32 Å². The lowest BCUT2D eigenvalue weighted by atomic mass is 10.2. The van der Waals surface area contributed by atoms with E-state index in [-0.39, 0.29) is 11.7 Å². The summed E-state index contributed by atoms with van der Waals surface area (Å²) in [6.45, 7) is 1.58. The Morgan fingerprint density at radius 2 is 1.86 bits per heavy atom. The molecule has 0 radical (unpaired) electrons. The van der Waals surface area contributed by atoms with Gasteiger partial charge in [-0.1, -0.05) is 33.2 Å². The molecule has 1 atom stereocenters. The third kappa shape index (κ3) is 4.96. The maximum atomic E-state index is 12.8. The highest BCUT2D eigenvalue weighted by molar-refractivity contribution is 9.10. The minimum absolute atomic E-state index is 0.360. The van der Waals surface area contributed by atoms with Crippen molar-refractivity contribution in [1.82, 2.24) is 0 Å². The molecule has 0 aliphatic heterocycles. The Morgan fingerprint density at radius 1 is 1.23 bits per heavy atom. The largest absolute Gasteiger partial charge is 0.383 e. The van der Waals surface area contributed by atoms with Gasteiger partial charge >= 0.3 is 0 Å². The summed E-state index contributed by atoms with van der Waals surface area (Å²) in [4.78, 5) is 17.0. The van der Waals surface area contributed by atoms with Gasteiger partial charge in [-0.3, -0.25) is 4.79 Å². The normalized spacial score (nSPS) is 12.1. The molecule has 6 heteroatoms. The molecular formula is C16H14BrFN2O2. The molecule has 0 saturated carbocycles. The fraction of sp³-hybridized carbons (Fsp3) is 0.125. The highest BCUT2D eigenvalue weighted by atomic mass is 79.9. The lowest BCUT2D eigenvalue weighted by Gasteiger charge is -2.10. The van der Waals surface area contributed by atoms with Gasteiger partial charge in [0.2, 0.25) is 6.10 Å². The SMILES string of the molecule is C[C@@H](O/N=C\c1ccc(Br)cc1)C(=O)Nc1ccc(F)cc1. The van der Waals surface area contributed by atoms with Crippen molar-refractivity contribution in [3.63, 3.8) is 0 Å². The molecule has 0 aliphatic rings. The van der Waals surface area contributed by atoms with Crippen molar-refractivity contribution in [2.45, 2.75) is 13.0 Å². The Labute approximate surface area is 136 Å². The molecule has 2 aromatic rings. The maximum absolute atomic E-state index is 12.8. The Morgan fingerprint density at radius 3 is 2.50 bits per heavy atom. The molecule has 0 saturated heterocycles. The molecule has 2 rings (SSSR count). The van der Waals surface area contributed by atoms with Crippen molar-refractivity contribution in [3.8, 4) is 0 Å². The van der Waals surface area contributed by atoms with Crippen LogP contribution >= 0.6 is 15.9 Å². The average molecular weight is 365 g/mol. The second-order valence-electron chi connectivity index (χ2n) is 4.53. The van der Waals surface area contributed by atoms with E-state index in [4.69, 9.17) is 4.84 Å². The van der Waals surface area contributed by atoms with Crippen molar-refractivity contribution < 1.29 is 14.0 Å². The van der Waals surface area contributed by atoms with E-state index in [1.165, 1.54) is 30.5 Å². The number of hydrogen-bond donors (Lipinski definition) is 1. The smallest absolute Gasteiger partial charge is 0.267 e. The monoisotopic (exact) mass is 364 g/mol. The first-order valence-corrected chi connectivity index (χ1v) is 7.35. The van der Waals surface area contributed by atoms with Crippen LogP contribution in [-0.2, 0) is 9.63 Å². The Bertz CT molecular complexity index is 657. The van der Waals surface area contributed by atoms with Gasteiger partial charge in [0.05, 0.1) is 6.21 Å². The molecule has 0 bridgehead atoms. The van der Waals surface area contributed by atoms with E-state index in [0.29, 0.717) is 5.69 Å². The first-order valence-electron chi connectivity index (χ1n) is 6.56. The summed E-state index contributed by atoms with van der Waals surface area (Å²) in [5, 5.41) is 6.40. The fourth-order valence-electron chi connectivity index (χ4n) is 1.56. The Kier molecular flexibility index (Phi) is 5.66. The summed E-state index contributed by atoms with van der Waals surface area (Å²) >= 11 is 3.34. The van der Waals surface area contributed by atoms with Crippen LogP contribution in [0.1, 0.15) is 12.5 Å². The number of nitrogens with one attached hydrogen (secondary N) is 1. The van der Waals surface area contributed by atoms with Crippen LogP contribution in [0.5, 0.6) is 0 Å². The summed E-state index contributed by atoms with van der Waals surface area (Å²) in [5.41, 5.74) is 1.35. The molecule has 0 spiro atoms. The topological polar surface area (TPSA) is 50.7 Å². The van der Waals surface area contributed by atoms with Gasteiger partial charge in [0.25, 0.3) is 5.91 Å². The second kappa shape index (κ2) is 7.70. The van der Waals surface area contributed by atoms with Crippen LogP contribution in [0.2, 0.25) is 0 Å². The average Bonchev–Trinajstić information content (AvgIpc) is 2.51. The molecule has 0 aromatic heterocycles. The molecule has 0 heterocycles. The van der Waals surface area contributed by atoms with Crippen LogP contribution in [0, 0.1) is 5.82 Å². The third-order valence-corrected chi connectivity index (χ3v) is 3.30. The van der Waals surface area contributed by atoms with Crippen LogP contribution in [0.4, 0.5) is 10.1 Å². The third-order valence-electron chi connectivity index (χ3n) is 2.77. The summed E-state index contributed by atoms with van der Waals surface area (Å²) in [7, 11) is 0. The molecule has 114 valence electrons. The van der Waals surface area contributed by atoms with E-state index in [9.17, 15) is 9.18 Å². The highest BCUT2D eigenvalue weighted by Gasteiger charge is 2.14. The standard InChI is InChI=1S/C16H14BrFN2O2/c1-11(16(21)20-15-8-6-14(18)7-9-15)22-19-10-12-2-4-13(17)5-3-12/h2-11H,1H3,(H,20,21)/b19-10-/t11-/m1/s1. The van der Waals surface area contributed by atoms with Crippen molar-refractivity contribution in [1.29, 1.82) is 0 Å². The maximum Gasteiger partial charge on any atom is 0.267 e. The number of hydrogen-bond acceptors (Lipinski definition) is 3. The van der Waals surface area contributed by atoms with Gasteiger partial charge in [-0.15, -0.1) is 0 Å². The number of amides is 1. The van der Waals surface area contributed by atoms with Crippen LogP contribution in [0.15, 0.2) is 58.2 Å². The molecular weight excluding hydrogens is 351 g/mol. The quantitative estimate of drug-likeness (QED) is 0.644. The van der Waals surface area contributed by atoms with Crippen molar-refractivity contribution in [3.05, 3.63) is 64.4 Å². The fourth-order valence-corrected chi connectivity index (χ4v) is 1.82. The van der Waals surface area contributed by atoms with Crippen molar-refractivity contribution >= 4 is 33.7 Å². The lowest BCUT2D eigenvalue weighted by Crippen LogP contribution is -2.26. The minimum Gasteiger partial charge on any atom is -0.383 e. The Balaban J connectivity index is 1.85. The zero-order valence-corrected chi connectivity index (χ0v) is 13.4. The predicted octanol–water partition coefficient (Wildman–Crippen LogP) is 3.97. The molecule has 0 fully saturated rings. The van der Waals surface area contributed by atoms with E-state index in [1.54, 1.807) is 6.92 Å². The molecule has 1 amide bonds. The first kappa shape index (κ1) is 16.2. The zero-order valence-electron chi connectivity index (χ0n) is 11.8. The van der Waals surface area contributed by atoms with Crippen molar-refractivity contribution in [2.24, 2.45) is 5.16 Å². The van der Waals surface area contributed by atoms with Gasteiger partial charge < -0.3 is 10.2 Å². The van der Waals surface area contributed by atoms with E-state index in [0.717, 1.165) is 10.0 Å². The van der Waals surface area contributed by atoms with Crippen LogP contribution in [0.3, 0.4) is 0 Å². The van der Waals surface area contributed by atoms with E-state index in [2.05, 4.69) is 26.4 Å². The predicted molar refractivity (Wildman–Crippen MR) is 87.3 cm³/mol. The molecule has 22 heavy (non-hydrogen) atoms. The lowest BCUT2D eigenvalue weighted by molar-refractivity contribution is -0.126. The van der Waals surface area contributed by atoms with Gasteiger partial charge in [0.1, 0.15) is 5.82 Å². The molecule has 0 unspecified atom stereocenters.